The van der Waals surface area contributed by atoms with Gasteiger partial charge in [0, 0.05) is 29.4 Å². The van der Waals surface area contributed by atoms with Crippen molar-refractivity contribution in [2.75, 3.05) is 17.6 Å². The standard InChI is InChI=1S/C21H22ClN3O3S/c1-2-29(26,27)25-10-9-18-16(14-25)6-4-8-19(18)23-13-21-24-12-20(28-21)15-5-3-7-17(22)11-15/h3-8,11-12,23H,2,9-10,13-14H2,1H3. The van der Waals surface area contributed by atoms with Crippen LogP contribution in [0.15, 0.2) is 53.1 Å². The highest BCUT2D eigenvalue weighted by atomic mass is 35.5. The van der Waals surface area contributed by atoms with E-state index in [4.69, 9.17) is 16.0 Å². The SMILES string of the molecule is CCS(=O)(=O)N1CCc2c(cccc2NCc2ncc(-c3cccc(Cl)c3)o2)C1. The zero-order chi connectivity index (χ0) is 20.4. The Morgan fingerprint density at radius 2 is 2.07 bits per heavy atom. The molecule has 1 aliphatic heterocycles. The molecular weight excluding hydrogens is 410 g/mol. The minimum Gasteiger partial charge on any atom is -0.439 e. The molecule has 0 spiro atoms. The lowest BCUT2D eigenvalue weighted by atomic mass is 9.99. The molecule has 2 heterocycles. The second kappa shape index (κ2) is 8.18. The number of nitrogens with one attached hydrogen (secondary N) is 1. The van der Waals surface area contributed by atoms with Gasteiger partial charge in [-0.1, -0.05) is 35.9 Å². The van der Waals surface area contributed by atoms with Gasteiger partial charge in [-0.25, -0.2) is 13.4 Å². The summed E-state index contributed by atoms with van der Waals surface area (Å²) >= 11 is 6.04. The minimum absolute atomic E-state index is 0.124. The van der Waals surface area contributed by atoms with Gasteiger partial charge >= 0.3 is 0 Å². The molecule has 0 aliphatic carbocycles. The summed E-state index contributed by atoms with van der Waals surface area (Å²) < 4.78 is 31.8. The Bertz CT molecular complexity index is 1130. The number of benzene rings is 2. The number of rotatable bonds is 6. The number of hydrogen-bond acceptors (Lipinski definition) is 5. The fraction of sp³-hybridized carbons (Fsp3) is 0.286. The smallest absolute Gasteiger partial charge is 0.214 e. The van der Waals surface area contributed by atoms with E-state index in [2.05, 4.69) is 10.3 Å². The van der Waals surface area contributed by atoms with Gasteiger partial charge in [0.05, 0.1) is 18.5 Å². The van der Waals surface area contributed by atoms with Gasteiger partial charge in [-0.3, -0.25) is 0 Å². The van der Waals surface area contributed by atoms with Crippen LogP contribution in [-0.4, -0.2) is 30.0 Å². The molecule has 4 rings (SSSR count). The van der Waals surface area contributed by atoms with Crippen LogP contribution in [0.4, 0.5) is 5.69 Å². The van der Waals surface area contributed by atoms with Gasteiger partial charge in [0.2, 0.25) is 15.9 Å². The van der Waals surface area contributed by atoms with E-state index in [0.29, 0.717) is 42.7 Å². The molecule has 0 bridgehead atoms. The van der Waals surface area contributed by atoms with Crippen LogP contribution in [0.1, 0.15) is 23.9 Å². The van der Waals surface area contributed by atoms with Crippen LogP contribution in [-0.2, 0) is 29.5 Å². The average Bonchev–Trinajstić information content (AvgIpc) is 3.21. The van der Waals surface area contributed by atoms with E-state index in [-0.39, 0.29) is 5.75 Å². The Kier molecular flexibility index (Phi) is 5.63. The summed E-state index contributed by atoms with van der Waals surface area (Å²) in [5, 5.41) is 4.03. The zero-order valence-corrected chi connectivity index (χ0v) is 17.6. The number of fused-ring (bicyclic) bond motifs is 1. The molecule has 0 saturated carbocycles. The van der Waals surface area contributed by atoms with E-state index in [1.54, 1.807) is 17.4 Å². The first-order valence-electron chi connectivity index (χ1n) is 9.49. The lowest BCUT2D eigenvalue weighted by Gasteiger charge is -2.29. The van der Waals surface area contributed by atoms with Crippen LogP contribution < -0.4 is 5.32 Å². The van der Waals surface area contributed by atoms with Crippen LogP contribution in [0.25, 0.3) is 11.3 Å². The van der Waals surface area contributed by atoms with Crippen LogP contribution in [0, 0.1) is 0 Å². The summed E-state index contributed by atoms with van der Waals surface area (Å²) in [6.45, 7) is 3.03. The first kappa shape index (κ1) is 19.9. The van der Waals surface area contributed by atoms with Gasteiger partial charge in [0.1, 0.15) is 0 Å². The second-order valence-electron chi connectivity index (χ2n) is 6.91. The third kappa shape index (κ3) is 4.32. The monoisotopic (exact) mass is 431 g/mol. The Balaban J connectivity index is 1.47. The van der Waals surface area contributed by atoms with Crippen molar-refractivity contribution >= 4 is 27.3 Å². The molecule has 29 heavy (non-hydrogen) atoms. The maximum atomic E-state index is 12.2. The molecule has 0 atom stereocenters. The largest absolute Gasteiger partial charge is 0.439 e. The maximum absolute atomic E-state index is 12.2. The van der Waals surface area contributed by atoms with E-state index in [9.17, 15) is 8.42 Å². The minimum atomic E-state index is -3.18. The molecule has 3 aromatic rings. The van der Waals surface area contributed by atoms with E-state index in [0.717, 1.165) is 22.4 Å². The van der Waals surface area contributed by atoms with Crippen molar-refractivity contribution in [1.29, 1.82) is 0 Å². The molecule has 152 valence electrons. The number of halogens is 1. The molecule has 0 unspecified atom stereocenters. The fourth-order valence-corrected chi connectivity index (χ4v) is 4.77. The van der Waals surface area contributed by atoms with Crippen molar-refractivity contribution in [2.24, 2.45) is 0 Å². The van der Waals surface area contributed by atoms with E-state index in [1.165, 1.54) is 0 Å². The third-order valence-corrected chi connectivity index (χ3v) is 7.15. The average molecular weight is 432 g/mol. The number of hydrogen-bond donors (Lipinski definition) is 1. The highest BCUT2D eigenvalue weighted by Gasteiger charge is 2.26. The molecule has 2 aromatic carbocycles. The second-order valence-corrected chi connectivity index (χ2v) is 9.60. The number of aromatic nitrogens is 1. The van der Waals surface area contributed by atoms with Crippen molar-refractivity contribution in [3.8, 4) is 11.3 Å². The van der Waals surface area contributed by atoms with Crippen molar-refractivity contribution in [3.63, 3.8) is 0 Å². The number of anilines is 1. The van der Waals surface area contributed by atoms with Crippen molar-refractivity contribution < 1.29 is 12.8 Å². The summed E-state index contributed by atoms with van der Waals surface area (Å²) in [5.41, 5.74) is 4.05. The van der Waals surface area contributed by atoms with Gasteiger partial charge < -0.3 is 9.73 Å². The Hall–Kier alpha value is -2.35. The van der Waals surface area contributed by atoms with Gasteiger partial charge in [0.25, 0.3) is 0 Å². The molecule has 1 N–H and O–H groups in total. The quantitative estimate of drug-likeness (QED) is 0.629. The third-order valence-electron chi connectivity index (χ3n) is 5.08. The Morgan fingerprint density at radius 3 is 2.86 bits per heavy atom. The van der Waals surface area contributed by atoms with Crippen molar-refractivity contribution in [3.05, 3.63) is 70.7 Å². The molecule has 0 saturated heterocycles. The molecule has 1 aromatic heterocycles. The molecule has 0 fully saturated rings. The van der Waals surface area contributed by atoms with E-state index >= 15 is 0 Å². The van der Waals surface area contributed by atoms with Gasteiger partial charge in [-0.15, -0.1) is 0 Å². The summed E-state index contributed by atoms with van der Waals surface area (Å²) in [7, 11) is -3.18. The summed E-state index contributed by atoms with van der Waals surface area (Å²) in [6, 6.07) is 13.4. The summed E-state index contributed by atoms with van der Waals surface area (Å²) in [5.74, 6) is 1.36. The summed E-state index contributed by atoms with van der Waals surface area (Å²) in [6.07, 6.45) is 2.37. The first-order chi connectivity index (χ1) is 14.0. The molecule has 0 radical (unpaired) electrons. The van der Waals surface area contributed by atoms with E-state index < -0.39 is 10.0 Å². The molecule has 1 aliphatic rings. The number of nitrogens with zero attached hydrogens (tertiary/aromatic N) is 2. The van der Waals surface area contributed by atoms with Crippen LogP contribution in [0.3, 0.4) is 0 Å². The molecule has 8 heteroatoms. The summed E-state index contributed by atoms with van der Waals surface area (Å²) in [4.78, 5) is 4.35. The van der Waals surface area contributed by atoms with Gasteiger partial charge in [0.15, 0.2) is 5.76 Å². The molecule has 6 nitrogen and oxygen atoms in total. The van der Waals surface area contributed by atoms with Crippen LogP contribution >= 0.6 is 11.6 Å². The predicted molar refractivity (Wildman–Crippen MR) is 114 cm³/mol. The lowest BCUT2D eigenvalue weighted by Crippen LogP contribution is -2.37. The first-order valence-corrected chi connectivity index (χ1v) is 11.5. The Morgan fingerprint density at radius 1 is 1.24 bits per heavy atom. The number of sulfonamides is 1. The maximum Gasteiger partial charge on any atom is 0.214 e. The normalized spacial score (nSPS) is 14.6. The zero-order valence-electron chi connectivity index (χ0n) is 16.1. The predicted octanol–water partition coefficient (Wildman–Crippen LogP) is 4.31. The van der Waals surface area contributed by atoms with Crippen LogP contribution in [0.5, 0.6) is 0 Å². The lowest BCUT2D eigenvalue weighted by molar-refractivity contribution is 0.392. The van der Waals surface area contributed by atoms with E-state index in [1.807, 2.05) is 42.5 Å². The molecular formula is C21H22ClN3O3S. The molecule has 0 amide bonds. The topological polar surface area (TPSA) is 75.4 Å². The van der Waals surface area contributed by atoms with Crippen molar-refractivity contribution in [1.82, 2.24) is 9.29 Å². The Labute approximate surface area is 175 Å². The van der Waals surface area contributed by atoms with Gasteiger partial charge in [-0.2, -0.15) is 4.31 Å². The highest BCUT2D eigenvalue weighted by molar-refractivity contribution is 7.89. The number of oxazole rings is 1. The highest BCUT2D eigenvalue weighted by Crippen LogP contribution is 2.28. The fourth-order valence-electron chi connectivity index (χ4n) is 3.51. The van der Waals surface area contributed by atoms with Crippen LogP contribution in [0.2, 0.25) is 5.02 Å². The van der Waals surface area contributed by atoms with Gasteiger partial charge in [-0.05, 0) is 42.7 Å². The van der Waals surface area contributed by atoms with Crippen molar-refractivity contribution in [2.45, 2.75) is 26.4 Å².